The number of phenolic OH excluding ortho intramolecular Hbond substituents is 1. The summed E-state index contributed by atoms with van der Waals surface area (Å²) in [6.07, 6.45) is 5.73. The third kappa shape index (κ3) is 10.9. The van der Waals surface area contributed by atoms with Gasteiger partial charge in [0.2, 0.25) is 17.7 Å². The summed E-state index contributed by atoms with van der Waals surface area (Å²) in [4.78, 5) is 80.4. The van der Waals surface area contributed by atoms with Crippen molar-refractivity contribution in [3.05, 3.63) is 71.5 Å². The molecule has 4 N–H and O–H groups in total. The highest BCUT2D eigenvalue weighted by Crippen LogP contribution is 2.41. The number of aromatic hydroxyl groups is 1. The monoisotopic (exact) mass is 963 g/mol. The van der Waals surface area contributed by atoms with Gasteiger partial charge in [-0.2, -0.15) is 0 Å². The van der Waals surface area contributed by atoms with E-state index in [1.165, 1.54) is 9.91 Å². The molecule has 4 amide bonds. The Hall–Kier alpha value is -5.88. The first-order chi connectivity index (χ1) is 33.4. The van der Waals surface area contributed by atoms with Gasteiger partial charge in [0.25, 0.3) is 5.91 Å². The molecular formula is C53H70N8O9. The normalized spacial score (nSPS) is 22.5. The second-order valence-electron chi connectivity index (χ2n) is 20.8. The molecule has 8 rings (SSSR count). The first-order valence-corrected chi connectivity index (χ1v) is 24.8. The van der Waals surface area contributed by atoms with Gasteiger partial charge in [-0.1, -0.05) is 39.8 Å². The minimum atomic E-state index is -1.17. The molecule has 17 heteroatoms. The number of phenols is 1. The Bertz CT molecular complexity index is 2610. The van der Waals surface area contributed by atoms with Crippen LogP contribution in [-0.4, -0.2) is 153 Å². The van der Waals surface area contributed by atoms with Crippen molar-refractivity contribution in [1.29, 1.82) is 0 Å². The number of aryl methyl sites for hydroxylation is 1. The number of aromatic nitrogens is 2. The van der Waals surface area contributed by atoms with Gasteiger partial charge in [-0.15, -0.1) is 0 Å². The van der Waals surface area contributed by atoms with Crippen molar-refractivity contribution in [3.63, 3.8) is 0 Å². The number of benzene rings is 2. The maximum Gasteiger partial charge on any atom is 0.324 e. The lowest BCUT2D eigenvalue weighted by Crippen LogP contribution is -2.62. The Morgan fingerprint density at radius 1 is 1.03 bits per heavy atom. The number of cyclic esters (lactones) is 1. The van der Waals surface area contributed by atoms with E-state index in [2.05, 4.69) is 53.2 Å². The number of carbonyl (C=O) groups is 5. The highest BCUT2D eigenvalue weighted by molar-refractivity contribution is 5.96. The molecule has 6 heterocycles. The van der Waals surface area contributed by atoms with Gasteiger partial charge < -0.3 is 39.4 Å². The average molecular weight is 963 g/mol. The molecule has 17 nitrogen and oxygen atoms in total. The van der Waals surface area contributed by atoms with Crippen molar-refractivity contribution in [1.82, 2.24) is 40.0 Å². The molecule has 376 valence electrons. The van der Waals surface area contributed by atoms with E-state index in [-0.39, 0.29) is 56.1 Å². The fraction of sp³-hybridized carbons (Fsp3) is 0.547. The van der Waals surface area contributed by atoms with Crippen molar-refractivity contribution < 1.29 is 43.7 Å². The molecule has 0 aliphatic carbocycles. The Morgan fingerprint density at radius 3 is 2.56 bits per heavy atom. The maximum absolute atomic E-state index is 14.8. The van der Waals surface area contributed by atoms with Crippen LogP contribution in [0.3, 0.4) is 0 Å². The van der Waals surface area contributed by atoms with Crippen LogP contribution in [0.25, 0.3) is 33.3 Å². The van der Waals surface area contributed by atoms with Gasteiger partial charge in [-0.3, -0.25) is 38.9 Å². The average Bonchev–Trinajstić information content (AvgIpc) is 4.07. The first-order valence-electron chi connectivity index (χ1n) is 24.8. The van der Waals surface area contributed by atoms with Crippen molar-refractivity contribution in [2.24, 2.45) is 17.3 Å². The number of nitrogens with one attached hydrogen (secondary N) is 2. The van der Waals surface area contributed by atoms with Gasteiger partial charge in [0.1, 0.15) is 23.9 Å². The largest absolute Gasteiger partial charge is 0.508 e. The zero-order valence-corrected chi connectivity index (χ0v) is 41.7. The number of hydrazine groups is 1. The molecule has 4 aliphatic heterocycles. The summed E-state index contributed by atoms with van der Waals surface area (Å²) in [5.41, 5.74) is 9.71. The summed E-state index contributed by atoms with van der Waals surface area (Å²) >= 11 is 0. The zero-order valence-electron chi connectivity index (χ0n) is 41.7. The van der Waals surface area contributed by atoms with Crippen molar-refractivity contribution in [3.8, 4) is 28.1 Å². The van der Waals surface area contributed by atoms with Gasteiger partial charge in [-0.25, -0.2) is 5.43 Å². The van der Waals surface area contributed by atoms with Crippen LogP contribution in [0.1, 0.15) is 77.0 Å². The molecule has 4 aliphatic rings. The Labute approximate surface area is 410 Å². The van der Waals surface area contributed by atoms with E-state index >= 15 is 0 Å². The van der Waals surface area contributed by atoms with Gasteiger partial charge in [-0.05, 0) is 103 Å². The van der Waals surface area contributed by atoms with Crippen LogP contribution in [0.5, 0.6) is 5.75 Å². The number of likely N-dealkylation sites (N-methyl/N-ethyl adjacent to an activating group) is 1. The summed E-state index contributed by atoms with van der Waals surface area (Å²) in [6.45, 7) is 13.3. The van der Waals surface area contributed by atoms with Crippen LogP contribution < -0.4 is 10.7 Å². The second kappa shape index (κ2) is 21.2. The van der Waals surface area contributed by atoms with E-state index in [1.54, 1.807) is 37.4 Å². The number of β-amino-alcohol motifs (C(OH)–C–C–N with tert-alkyl or cyclic N) is 1. The lowest BCUT2D eigenvalue weighted by atomic mass is 9.84. The predicted molar refractivity (Wildman–Crippen MR) is 264 cm³/mol. The highest BCUT2D eigenvalue weighted by Gasteiger charge is 2.41. The van der Waals surface area contributed by atoms with Gasteiger partial charge in [0.05, 0.1) is 37.5 Å². The number of likely N-dealkylation sites (tertiary alicyclic amines) is 2. The first kappa shape index (κ1) is 50.5. The standard InChI is InChI=1S/C53H70N8O9/c1-8-60-45-12-11-34-24-40(45)41(48(60)42-26-54-16-13-36(42)30-69-7)25-53(4,5)31-70-52(68)43-10-9-17-61(56-43)51(67)44(22-33-20-37(34)23-39(63)21-33)55-49(65)47(32(2)3)57(6)50(66)35-14-19-59(27-35)46(64)29-58-18-15-38(62)28-58/h11-13,16,20-21,23-24,26,32,35,38,43-44,47,56,62-63H,8-10,14-15,17-19,22,25,27-31H2,1-7H3,(H,55,65)/t35-,38-,43-,44-,47-/m0/s1. The van der Waals surface area contributed by atoms with E-state index in [1.807, 2.05) is 43.1 Å². The lowest BCUT2D eigenvalue weighted by molar-refractivity contribution is -0.155. The van der Waals surface area contributed by atoms with E-state index in [9.17, 15) is 34.2 Å². The molecule has 6 bridgehead atoms. The zero-order chi connectivity index (χ0) is 50.0. The van der Waals surface area contributed by atoms with Crippen molar-refractivity contribution >= 4 is 40.5 Å². The minimum absolute atomic E-state index is 0.0151. The summed E-state index contributed by atoms with van der Waals surface area (Å²) in [5.74, 6) is -2.75. The Morgan fingerprint density at radius 2 is 1.83 bits per heavy atom. The summed E-state index contributed by atoms with van der Waals surface area (Å²) < 4.78 is 14.0. The SMILES string of the molecule is CCn1c(-c2cnccc2COC)c2c3cc(ccc31)-c1cc(O)cc(c1)C[C@H](NC(=O)[C@H](C(C)C)N(C)C(=O)[C@H]1CCN(C(=O)CN3CC[C@H](O)C3)C1)C(=O)N1CCC[C@H](N1)C(=O)OCC(C)(C)C2. The quantitative estimate of drug-likeness (QED) is 0.156. The van der Waals surface area contributed by atoms with Crippen molar-refractivity contribution in [2.75, 3.05) is 60.0 Å². The number of esters is 1. The number of amides is 4. The fourth-order valence-electron chi connectivity index (χ4n) is 11.0. The molecule has 4 aromatic rings. The predicted octanol–water partition coefficient (Wildman–Crippen LogP) is 4.29. The van der Waals surface area contributed by atoms with Gasteiger partial charge in [0.15, 0.2) is 0 Å². The molecule has 0 saturated carbocycles. The molecule has 2 aromatic heterocycles. The Kier molecular flexibility index (Phi) is 15.3. The topological polar surface area (TPSA) is 199 Å². The molecule has 0 spiro atoms. The van der Waals surface area contributed by atoms with Crippen LogP contribution in [-0.2, 0) is 59.4 Å². The van der Waals surface area contributed by atoms with Crippen LogP contribution in [0.4, 0.5) is 0 Å². The third-order valence-corrected chi connectivity index (χ3v) is 14.5. The molecule has 2 aromatic carbocycles. The van der Waals surface area contributed by atoms with E-state index in [4.69, 9.17) is 9.47 Å². The number of hydrogen-bond donors (Lipinski definition) is 4. The smallest absolute Gasteiger partial charge is 0.324 e. The molecular weight excluding hydrogens is 893 g/mol. The van der Waals surface area contributed by atoms with Crippen LogP contribution in [0.15, 0.2) is 54.9 Å². The number of pyridine rings is 1. The summed E-state index contributed by atoms with van der Waals surface area (Å²) in [7, 11) is 3.26. The van der Waals surface area contributed by atoms with Crippen LogP contribution in [0, 0.1) is 17.3 Å². The minimum Gasteiger partial charge on any atom is -0.508 e. The van der Waals surface area contributed by atoms with E-state index in [0.717, 1.165) is 38.9 Å². The number of methoxy groups -OCH3 is 1. The number of carbonyl (C=O) groups excluding carboxylic acids is 5. The second-order valence-corrected chi connectivity index (χ2v) is 20.8. The molecule has 5 atom stereocenters. The van der Waals surface area contributed by atoms with Gasteiger partial charge >= 0.3 is 5.97 Å². The van der Waals surface area contributed by atoms with Gasteiger partial charge in [0, 0.05) is 94.1 Å². The molecule has 3 fully saturated rings. The molecule has 0 unspecified atom stereocenters. The summed E-state index contributed by atoms with van der Waals surface area (Å²) in [6, 6.07) is 10.4. The Balaban J connectivity index is 1.13. The molecule has 0 radical (unpaired) electrons. The maximum atomic E-state index is 14.8. The number of ether oxygens (including phenoxy) is 2. The van der Waals surface area contributed by atoms with Crippen molar-refractivity contribution in [2.45, 2.75) is 111 Å². The third-order valence-electron chi connectivity index (χ3n) is 14.5. The number of fused-ring (bicyclic) bond motifs is 6. The van der Waals surface area contributed by atoms with Crippen LogP contribution >= 0.6 is 0 Å². The van der Waals surface area contributed by atoms with Crippen LogP contribution in [0.2, 0.25) is 0 Å². The number of rotatable bonds is 11. The number of aliphatic hydroxyl groups is 1. The fourth-order valence-corrected chi connectivity index (χ4v) is 11.0. The number of hydrogen-bond acceptors (Lipinski definition) is 12. The molecule has 70 heavy (non-hydrogen) atoms. The van der Waals surface area contributed by atoms with E-state index < -0.39 is 53.3 Å². The highest BCUT2D eigenvalue weighted by atomic mass is 16.5. The number of nitrogens with zero attached hydrogens (tertiary/aromatic N) is 6. The lowest BCUT2D eigenvalue weighted by Gasteiger charge is -2.37. The summed E-state index contributed by atoms with van der Waals surface area (Å²) in [5, 5.41) is 26.7. The van der Waals surface area contributed by atoms with E-state index in [0.29, 0.717) is 76.0 Å². The molecule has 3 saturated heterocycles. The number of aliphatic hydroxyl groups excluding tert-OH is 1.